The highest BCUT2D eigenvalue weighted by Gasteiger charge is 2.20. The summed E-state index contributed by atoms with van der Waals surface area (Å²) in [6.45, 7) is 8.53. The minimum Gasteiger partial charge on any atom is -0.461 e. The lowest BCUT2D eigenvalue weighted by atomic mass is 9.93. The van der Waals surface area contributed by atoms with Crippen molar-refractivity contribution in [1.29, 1.82) is 0 Å². The Morgan fingerprint density at radius 1 is 1.14 bits per heavy atom. The molecule has 3 aromatic rings. The Morgan fingerprint density at radius 2 is 1.83 bits per heavy atom. The van der Waals surface area contributed by atoms with E-state index in [2.05, 4.69) is 67.5 Å². The second-order valence-corrected chi connectivity index (χ2v) is 8.50. The normalized spacial score (nSPS) is 12.5. The number of nitrogen functional groups attached to an aromatic ring is 1. The number of hydrogen-bond donors (Lipinski definition) is 2. The maximum atomic E-state index is 12.6. The number of aromatic nitrogens is 3. The third kappa shape index (κ3) is 5.00. The highest BCUT2D eigenvalue weighted by atomic mass is 32.2. The Morgan fingerprint density at radius 3 is 2.41 bits per heavy atom. The Labute approximate surface area is 175 Å². The van der Waals surface area contributed by atoms with Crippen molar-refractivity contribution >= 4 is 17.7 Å². The number of benzene rings is 1. The quantitative estimate of drug-likeness (QED) is 0.428. The van der Waals surface area contributed by atoms with Gasteiger partial charge in [0.2, 0.25) is 16.9 Å². The predicted octanol–water partition coefficient (Wildman–Crippen LogP) is 3.98. The molecular weight excluding hydrogens is 386 g/mol. The zero-order valence-corrected chi connectivity index (χ0v) is 17.9. The summed E-state index contributed by atoms with van der Waals surface area (Å²) >= 11 is 1.24. The number of hydrogen-bond acceptors (Lipinski definition) is 6. The second-order valence-electron chi connectivity index (χ2n) is 7.55. The molecule has 0 aliphatic rings. The number of nitrogens with zero attached hydrogens (tertiary/aromatic N) is 3. The van der Waals surface area contributed by atoms with Crippen LogP contribution in [0.2, 0.25) is 0 Å². The van der Waals surface area contributed by atoms with Gasteiger partial charge in [-0.1, -0.05) is 63.7 Å². The zero-order chi connectivity index (χ0) is 21.0. The zero-order valence-electron chi connectivity index (χ0n) is 17.1. The van der Waals surface area contributed by atoms with Crippen molar-refractivity contribution in [3.63, 3.8) is 0 Å². The van der Waals surface area contributed by atoms with Crippen LogP contribution in [-0.4, -0.2) is 26.5 Å². The molecule has 1 aromatic carbocycles. The molecule has 7 nitrogen and oxygen atoms in total. The summed E-state index contributed by atoms with van der Waals surface area (Å²) in [6.07, 6.45) is 1.55. The van der Waals surface area contributed by atoms with Crippen molar-refractivity contribution in [2.75, 3.05) is 11.6 Å². The van der Waals surface area contributed by atoms with E-state index in [1.807, 2.05) is 0 Å². The van der Waals surface area contributed by atoms with E-state index in [0.29, 0.717) is 22.7 Å². The van der Waals surface area contributed by atoms with Gasteiger partial charge in [0, 0.05) is 0 Å². The standard InChI is InChI=1S/C21H27N5O2S/c1-13(2)15-7-9-16(10-8-15)19(14(3)4)23-18(27)12-29-21-25-24-20(26(21)22)17-6-5-11-28-17/h5-11,13-14,19H,12,22H2,1-4H3,(H,23,27)/t19-/m0/s1. The Hall–Kier alpha value is -2.74. The summed E-state index contributed by atoms with van der Waals surface area (Å²) in [5.41, 5.74) is 2.39. The average molecular weight is 414 g/mol. The topological polar surface area (TPSA) is 99.0 Å². The van der Waals surface area contributed by atoms with Gasteiger partial charge in [0.25, 0.3) is 0 Å². The SMILES string of the molecule is CC(C)c1ccc([C@@H](NC(=O)CSc2nnc(-c3ccco3)n2N)C(C)C)cc1. The number of carbonyl (C=O) groups excluding carboxylic acids is 1. The number of rotatable bonds is 8. The van der Waals surface area contributed by atoms with Crippen LogP contribution in [0, 0.1) is 5.92 Å². The highest BCUT2D eigenvalue weighted by molar-refractivity contribution is 7.99. The summed E-state index contributed by atoms with van der Waals surface area (Å²) in [5.74, 6) is 7.84. The smallest absolute Gasteiger partial charge is 0.230 e. The van der Waals surface area contributed by atoms with Crippen LogP contribution < -0.4 is 11.2 Å². The first-order valence-electron chi connectivity index (χ1n) is 9.63. The number of carbonyl (C=O) groups is 1. The lowest BCUT2D eigenvalue weighted by Crippen LogP contribution is -2.33. The molecule has 0 aliphatic heterocycles. The molecule has 3 rings (SSSR count). The molecule has 8 heteroatoms. The minimum absolute atomic E-state index is 0.0567. The molecule has 0 spiro atoms. The molecule has 2 aromatic heterocycles. The summed E-state index contributed by atoms with van der Waals surface area (Å²) in [7, 11) is 0. The molecule has 1 atom stereocenters. The van der Waals surface area contributed by atoms with E-state index in [9.17, 15) is 4.79 Å². The minimum atomic E-state index is -0.0795. The molecule has 154 valence electrons. The first-order chi connectivity index (χ1) is 13.9. The van der Waals surface area contributed by atoms with Crippen molar-refractivity contribution < 1.29 is 9.21 Å². The third-order valence-electron chi connectivity index (χ3n) is 4.68. The summed E-state index contributed by atoms with van der Waals surface area (Å²) in [4.78, 5) is 12.6. The highest BCUT2D eigenvalue weighted by Crippen LogP contribution is 2.25. The molecule has 0 saturated heterocycles. The van der Waals surface area contributed by atoms with E-state index in [-0.39, 0.29) is 23.6 Å². The molecular formula is C21H27N5O2S. The van der Waals surface area contributed by atoms with E-state index < -0.39 is 0 Å². The van der Waals surface area contributed by atoms with Crippen molar-refractivity contribution in [3.8, 4) is 11.6 Å². The molecule has 0 fully saturated rings. The van der Waals surface area contributed by atoms with Crippen molar-refractivity contribution in [1.82, 2.24) is 20.2 Å². The van der Waals surface area contributed by atoms with Gasteiger partial charge in [0.15, 0.2) is 5.76 Å². The lowest BCUT2D eigenvalue weighted by Gasteiger charge is -2.23. The van der Waals surface area contributed by atoms with E-state index >= 15 is 0 Å². The number of nitrogens with two attached hydrogens (primary N) is 1. The van der Waals surface area contributed by atoms with Crippen LogP contribution >= 0.6 is 11.8 Å². The van der Waals surface area contributed by atoms with E-state index in [0.717, 1.165) is 5.56 Å². The van der Waals surface area contributed by atoms with Crippen LogP contribution in [0.4, 0.5) is 0 Å². The Balaban J connectivity index is 1.63. The van der Waals surface area contributed by atoms with Crippen LogP contribution in [-0.2, 0) is 4.79 Å². The van der Waals surface area contributed by atoms with Crippen molar-refractivity contribution in [2.45, 2.75) is 44.8 Å². The maximum absolute atomic E-state index is 12.6. The van der Waals surface area contributed by atoms with E-state index in [1.54, 1.807) is 18.4 Å². The summed E-state index contributed by atoms with van der Waals surface area (Å²) in [5, 5.41) is 11.7. The lowest BCUT2D eigenvalue weighted by molar-refractivity contribution is -0.119. The molecule has 29 heavy (non-hydrogen) atoms. The third-order valence-corrected chi connectivity index (χ3v) is 5.63. The van der Waals surface area contributed by atoms with Gasteiger partial charge < -0.3 is 15.6 Å². The summed E-state index contributed by atoms with van der Waals surface area (Å²) < 4.78 is 6.63. The Kier molecular flexibility index (Phi) is 6.64. The number of thioether (sulfide) groups is 1. The second kappa shape index (κ2) is 9.17. The van der Waals surface area contributed by atoms with Gasteiger partial charge in [-0.05, 0) is 35.1 Å². The molecule has 1 amide bonds. The van der Waals surface area contributed by atoms with Crippen molar-refractivity contribution in [3.05, 3.63) is 53.8 Å². The number of amides is 1. The number of nitrogens with one attached hydrogen (secondary N) is 1. The van der Waals surface area contributed by atoms with Crippen LogP contribution in [0.1, 0.15) is 50.8 Å². The fourth-order valence-corrected chi connectivity index (χ4v) is 3.69. The van der Waals surface area contributed by atoms with Crippen LogP contribution in [0.5, 0.6) is 0 Å². The van der Waals surface area contributed by atoms with E-state index in [4.69, 9.17) is 10.3 Å². The largest absolute Gasteiger partial charge is 0.461 e. The molecule has 2 heterocycles. The van der Waals surface area contributed by atoms with Gasteiger partial charge in [-0.25, -0.2) is 4.68 Å². The van der Waals surface area contributed by atoms with Crippen LogP contribution in [0.15, 0.2) is 52.2 Å². The van der Waals surface area contributed by atoms with Gasteiger partial charge in [0.1, 0.15) is 0 Å². The fourth-order valence-electron chi connectivity index (χ4n) is 3.02. The first-order valence-corrected chi connectivity index (χ1v) is 10.6. The van der Waals surface area contributed by atoms with Gasteiger partial charge in [0.05, 0.1) is 18.1 Å². The van der Waals surface area contributed by atoms with Crippen molar-refractivity contribution in [2.24, 2.45) is 5.92 Å². The van der Waals surface area contributed by atoms with E-state index in [1.165, 1.54) is 22.0 Å². The summed E-state index contributed by atoms with van der Waals surface area (Å²) in [6, 6.07) is 11.9. The average Bonchev–Trinajstić information content (AvgIpc) is 3.34. The first kappa shape index (κ1) is 21.0. The molecule has 0 saturated carbocycles. The molecule has 0 radical (unpaired) electrons. The van der Waals surface area contributed by atoms with Gasteiger partial charge in [-0.3, -0.25) is 4.79 Å². The fraction of sp³-hybridized carbons (Fsp3) is 0.381. The van der Waals surface area contributed by atoms with Gasteiger partial charge in [-0.15, -0.1) is 10.2 Å². The van der Waals surface area contributed by atoms with Gasteiger partial charge in [-0.2, -0.15) is 0 Å². The van der Waals surface area contributed by atoms with Crippen LogP contribution in [0.3, 0.4) is 0 Å². The number of furan rings is 1. The molecule has 0 bridgehead atoms. The molecule has 0 aliphatic carbocycles. The molecule has 3 N–H and O–H groups in total. The van der Waals surface area contributed by atoms with Gasteiger partial charge >= 0.3 is 0 Å². The predicted molar refractivity (Wildman–Crippen MR) is 115 cm³/mol. The molecule has 0 unspecified atom stereocenters. The van der Waals surface area contributed by atoms with Crippen LogP contribution in [0.25, 0.3) is 11.6 Å². The maximum Gasteiger partial charge on any atom is 0.230 e. The monoisotopic (exact) mass is 413 g/mol. The Bertz CT molecular complexity index is 933.